The second kappa shape index (κ2) is 6.50. The van der Waals surface area contributed by atoms with Crippen LogP contribution in [0.1, 0.15) is 5.56 Å². The third-order valence-electron chi connectivity index (χ3n) is 2.48. The zero-order chi connectivity index (χ0) is 14.5. The molecule has 20 heavy (non-hydrogen) atoms. The third-order valence-corrected chi connectivity index (χ3v) is 3.04. The Bertz CT molecular complexity index is 594. The highest BCUT2D eigenvalue weighted by atomic mass is 35.5. The molecule has 0 fully saturated rings. The van der Waals surface area contributed by atoms with Crippen LogP contribution in [0.4, 0.5) is 10.5 Å². The van der Waals surface area contributed by atoms with Crippen molar-refractivity contribution in [2.75, 3.05) is 5.32 Å². The van der Waals surface area contributed by atoms with E-state index < -0.39 is 6.09 Å². The van der Waals surface area contributed by atoms with Gasteiger partial charge in [-0.3, -0.25) is 5.32 Å². The SMILES string of the molecule is O=C(O)Nc1cc(Cl)c(OCc2ccccc2)c(Cl)c1. The van der Waals surface area contributed by atoms with Crippen LogP contribution in [-0.4, -0.2) is 11.2 Å². The summed E-state index contributed by atoms with van der Waals surface area (Å²) >= 11 is 12.1. The van der Waals surface area contributed by atoms with Gasteiger partial charge in [0, 0.05) is 5.69 Å². The fraction of sp³-hybridized carbons (Fsp3) is 0.0714. The van der Waals surface area contributed by atoms with Gasteiger partial charge in [-0.05, 0) is 17.7 Å². The molecule has 0 saturated carbocycles. The monoisotopic (exact) mass is 311 g/mol. The molecule has 0 unspecified atom stereocenters. The molecule has 104 valence electrons. The molecular formula is C14H11Cl2NO3. The number of benzene rings is 2. The van der Waals surface area contributed by atoms with Gasteiger partial charge in [-0.2, -0.15) is 0 Å². The fourth-order valence-corrected chi connectivity index (χ4v) is 2.22. The Morgan fingerprint density at radius 1 is 1.15 bits per heavy atom. The smallest absolute Gasteiger partial charge is 0.409 e. The first-order chi connectivity index (χ1) is 9.56. The average Bonchev–Trinajstić information content (AvgIpc) is 2.38. The first-order valence-electron chi connectivity index (χ1n) is 5.72. The van der Waals surface area contributed by atoms with Crippen LogP contribution in [0, 0.1) is 0 Å². The van der Waals surface area contributed by atoms with Crippen molar-refractivity contribution in [3.8, 4) is 5.75 Å². The van der Waals surface area contributed by atoms with Gasteiger partial charge < -0.3 is 9.84 Å². The Kier molecular flexibility index (Phi) is 4.71. The summed E-state index contributed by atoms with van der Waals surface area (Å²) in [6, 6.07) is 12.5. The van der Waals surface area contributed by atoms with E-state index in [2.05, 4.69) is 5.32 Å². The Morgan fingerprint density at radius 2 is 1.75 bits per heavy atom. The summed E-state index contributed by atoms with van der Waals surface area (Å²) in [4.78, 5) is 10.6. The lowest BCUT2D eigenvalue weighted by Gasteiger charge is -2.11. The lowest BCUT2D eigenvalue weighted by Crippen LogP contribution is -2.07. The summed E-state index contributed by atoms with van der Waals surface area (Å²) in [5.74, 6) is 0.327. The Morgan fingerprint density at radius 3 is 2.30 bits per heavy atom. The van der Waals surface area contributed by atoms with Gasteiger partial charge in [0.25, 0.3) is 0 Å². The summed E-state index contributed by atoms with van der Waals surface area (Å²) in [5.41, 5.74) is 1.27. The van der Waals surface area contributed by atoms with Gasteiger partial charge in [-0.1, -0.05) is 53.5 Å². The van der Waals surface area contributed by atoms with Crippen molar-refractivity contribution in [3.05, 3.63) is 58.1 Å². The number of carbonyl (C=O) groups is 1. The molecule has 4 nitrogen and oxygen atoms in total. The first kappa shape index (κ1) is 14.5. The maximum absolute atomic E-state index is 10.6. The van der Waals surface area contributed by atoms with Crippen molar-refractivity contribution in [1.82, 2.24) is 0 Å². The average molecular weight is 312 g/mol. The van der Waals surface area contributed by atoms with E-state index in [1.807, 2.05) is 30.3 Å². The van der Waals surface area contributed by atoms with Crippen molar-refractivity contribution in [2.24, 2.45) is 0 Å². The standard InChI is InChI=1S/C14H11Cl2NO3/c15-11-6-10(17-14(18)19)7-12(16)13(11)20-8-9-4-2-1-3-5-9/h1-7,17H,8H2,(H,18,19). The van der Waals surface area contributed by atoms with E-state index in [0.717, 1.165) is 5.56 Å². The van der Waals surface area contributed by atoms with Crippen LogP contribution in [0.3, 0.4) is 0 Å². The van der Waals surface area contributed by atoms with E-state index in [1.54, 1.807) is 0 Å². The highest BCUT2D eigenvalue weighted by Crippen LogP contribution is 2.36. The first-order valence-corrected chi connectivity index (χ1v) is 6.47. The maximum atomic E-state index is 10.6. The van der Waals surface area contributed by atoms with Gasteiger partial charge in [0.1, 0.15) is 6.61 Å². The number of hydrogen-bond acceptors (Lipinski definition) is 2. The molecule has 0 heterocycles. The van der Waals surface area contributed by atoms with Crippen LogP contribution in [0.25, 0.3) is 0 Å². The number of halogens is 2. The van der Waals surface area contributed by atoms with Gasteiger partial charge in [0.15, 0.2) is 5.75 Å². The van der Waals surface area contributed by atoms with E-state index in [1.165, 1.54) is 12.1 Å². The molecule has 0 atom stereocenters. The van der Waals surface area contributed by atoms with Crippen molar-refractivity contribution in [2.45, 2.75) is 6.61 Å². The molecule has 0 radical (unpaired) electrons. The summed E-state index contributed by atoms with van der Waals surface area (Å²) in [7, 11) is 0. The molecule has 2 aromatic carbocycles. The normalized spacial score (nSPS) is 10.1. The molecule has 0 aromatic heterocycles. The molecule has 1 amide bonds. The Labute approximate surface area is 125 Å². The number of rotatable bonds is 4. The van der Waals surface area contributed by atoms with Crippen LogP contribution in [-0.2, 0) is 6.61 Å². The highest BCUT2D eigenvalue weighted by Gasteiger charge is 2.11. The van der Waals surface area contributed by atoms with Crippen LogP contribution in [0.15, 0.2) is 42.5 Å². The zero-order valence-electron chi connectivity index (χ0n) is 10.3. The number of nitrogens with one attached hydrogen (secondary N) is 1. The van der Waals surface area contributed by atoms with E-state index in [4.69, 9.17) is 33.0 Å². The van der Waals surface area contributed by atoms with Crippen molar-refractivity contribution < 1.29 is 14.6 Å². The summed E-state index contributed by atoms with van der Waals surface area (Å²) in [6.07, 6.45) is -1.19. The second-order valence-corrected chi connectivity index (χ2v) is 4.79. The van der Waals surface area contributed by atoms with Gasteiger partial charge >= 0.3 is 6.09 Å². The fourth-order valence-electron chi connectivity index (χ4n) is 1.62. The molecule has 0 bridgehead atoms. The van der Waals surface area contributed by atoms with Crippen molar-refractivity contribution in [3.63, 3.8) is 0 Å². The predicted molar refractivity (Wildman–Crippen MR) is 78.9 cm³/mol. The minimum Gasteiger partial charge on any atom is -0.486 e. The molecule has 0 aliphatic carbocycles. The minimum absolute atomic E-state index is 0.247. The molecule has 0 spiro atoms. The van der Waals surface area contributed by atoms with E-state index in [9.17, 15) is 4.79 Å². The molecule has 0 aliphatic heterocycles. The number of amides is 1. The van der Waals surface area contributed by atoms with Gasteiger partial charge in [0.2, 0.25) is 0 Å². The maximum Gasteiger partial charge on any atom is 0.409 e. The molecule has 6 heteroatoms. The van der Waals surface area contributed by atoms with Gasteiger partial charge in [-0.25, -0.2) is 4.79 Å². The van der Waals surface area contributed by atoms with Gasteiger partial charge in [-0.15, -0.1) is 0 Å². The molecule has 0 saturated heterocycles. The summed E-state index contributed by atoms with van der Waals surface area (Å²) in [5, 5.41) is 11.3. The molecule has 2 N–H and O–H groups in total. The minimum atomic E-state index is -1.19. The van der Waals surface area contributed by atoms with E-state index >= 15 is 0 Å². The predicted octanol–water partition coefficient (Wildman–Crippen LogP) is 4.66. The van der Waals surface area contributed by atoms with Crippen LogP contribution in [0.5, 0.6) is 5.75 Å². The Balaban J connectivity index is 2.14. The van der Waals surface area contributed by atoms with E-state index in [0.29, 0.717) is 18.0 Å². The molecular weight excluding hydrogens is 301 g/mol. The quantitative estimate of drug-likeness (QED) is 0.863. The number of anilines is 1. The number of hydrogen-bond donors (Lipinski definition) is 2. The largest absolute Gasteiger partial charge is 0.486 e. The van der Waals surface area contributed by atoms with E-state index in [-0.39, 0.29) is 10.0 Å². The Hall–Kier alpha value is -1.91. The number of ether oxygens (including phenoxy) is 1. The van der Waals surface area contributed by atoms with Crippen LogP contribution >= 0.6 is 23.2 Å². The zero-order valence-corrected chi connectivity index (χ0v) is 11.8. The van der Waals surface area contributed by atoms with Crippen molar-refractivity contribution in [1.29, 1.82) is 0 Å². The van der Waals surface area contributed by atoms with Crippen molar-refractivity contribution >= 4 is 35.0 Å². The molecule has 2 aromatic rings. The summed E-state index contributed by atoms with van der Waals surface area (Å²) in [6.45, 7) is 0.325. The third kappa shape index (κ3) is 3.79. The van der Waals surface area contributed by atoms with Crippen LogP contribution in [0.2, 0.25) is 10.0 Å². The lowest BCUT2D eigenvalue weighted by molar-refractivity contribution is 0.209. The lowest BCUT2D eigenvalue weighted by atomic mass is 10.2. The molecule has 2 rings (SSSR count). The number of carboxylic acid groups (broad SMARTS) is 1. The summed E-state index contributed by atoms with van der Waals surface area (Å²) < 4.78 is 5.57. The van der Waals surface area contributed by atoms with Gasteiger partial charge in [0.05, 0.1) is 10.0 Å². The van der Waals surface area contributed by atoms with Crippen LogP contribution < -0.4 is 10.1 Å². The molecule has 0 aliphatic rings. The topological polar surface area (TPSA) is 58.6 Å². The highest BCUT2D eigenvalue weighted by molar-refractivity contribution is 6.37. The second-order valence-electron chi connectivity index (χ2n) is 3.97.